The van der Waals surface area contributed by atoms with Crippen molar-refractivity contribution in [1.82, 2.24) is 4.57 Å². The molecule has 0 radical (unpaired) electrons. The van der Waals surface area contributed by atoms with Gasteiger partial charge in [0.2, 0.25) is 0 Å². The van der Waals surface area contributed by atoms with Crippen LogP contribution in [0.5, 0.6) is 0 Å². The zero-order valence-electron chi connectivity index (χ0n) is 10.6. The van der Waals surface area contributed by atoms with E-state index in [1.807, 2.05) is 6.08 Å². The van der Waals surface area contributed by atoms with Crippen molar-refractivity contribution < 1.29 is 0 Å². The van der Waals surface area contributed by atoms with Crippen LogP contribution >= 0.6 is 0 Å². The van der Waals surface area contributed by atoms with Crippen LogP contribution in [0.2, 0.25) is 0 Å². The number of hydrogen-bond acceptors (Lipinski definition) is 0. The molecular formula is C15H19N. The van der Waals surface area contributed by atoms with E-state index in [1.165, 1.54) is 33.3 Å². The van der Waals surface area contributed by atoms with Gasteiger partial charge in [0.05, 0.1) is 0 Å². The van der Waals surface area contributed by atoms with Gasteiger partial charge in [0.1, 0.15) is 0 Å². The second kappa shape index (κ2) is 3.82. The molecule has 16 heavy (non-hydrogen) atoms. The monoisotopic (exact) mass is 213 g/mol. The number of fused-ring (bicyclic) bond motifs is 1. The van der Waals surface area contributed by atoms with Gasteiger partial charge in [-0.15, -0.1) is 6.58 Å². The van der Waals surface area contributed by atoms with Crippen molar-refractivity contribution in [3.63, 3.8) is 0 Å². The third kappa shape index (κ3) is 1.47. The molecule has 1 nitrogen and oxygen atoms in total. The summed E-state index contributed by atoms with van der Waals surface area (Å²) in [6.07, 6.45) is 1.96. The van der Waals surface area contributed by atoms with E-state index in [1.54, 1.807) is 0 Å². The van der Waals surface area contributed by atoms with Crippen LogP contribution in [0, 0.1) is 27.7 Å². The van der Waals surface area contributed by atoms with Crippen LogP contribution < -0.4 is 0 Å². The molecule has 0 atom stereocenters. The molecule has 1 heteroatoms. The van der Waals surface area contributed by atoms with Gasteiger partial charge in [-0.05, 0) is 51.0 Å². The average Bonchev–Trinajstić information content (AvgIpc) is 2.46. The molecule has 1 aromatic heterocycles. The molecule has 0 fully saturated rings. The standard InChI is InChI=1S/C15H19N/c1-6-7-16-12(4)14-8-10(2)11(3)9-15(14)13(16)5/h6,8-9H,1,7H2,2-5H3. The van der Waals surface area contributed by atoms with E-state index in [4.69, 9.17) is 0 Å². The van der Waals surface area contributed by atoms with Crippen molar-refractivity contribution in [2.24, 2.45) is 0 Å². The van der Waals surface area contributed by atoms with Gasteiger partial charge in [-0.1, -0.05) is 6.08 Å². The van der Waals surface area contributed by atoms with Gasteiger partial charge >= 0.3 is 0 Å². The fourth-order valence-corrected chi connectivity index (χ4v) is 2.36. The first-order valence-electron chi connectivity index (χ1n) is 5.73. The highest BCUT2D eigenvalue weighted by atomic mass is 15.0. The van der Waals surface area contributed by atoms with E-state index in [9.17, 15) is 0 Å². The summed E-state index contributed by atoms with van der Waals surface area (Å²) >= 11 is 0. The number of allylic oxidation sites excluding steroid dienone is 1. The van der Waals surface area contributed by atoms with Crippen LogP contribution in [-0.2, 0) is 6.54 Å². The van der Waals surface area contributed by atoms with Crippen LogP contribution in [0.25, 0.3) is 10.8 Å². The lowest BCUT2D eigenvalue weighted by Gasteiger charge is -2.04. The molecule has 0 aliphatic heterocycles. The van der Waals surface area contributed by atoms with Gasteiger partial charge in [0, 0.05) is 28.7 Å². The highest BCUT2D eigenvalue weighted by molar-refractivity contribution is 5.89. The van der Waals surface area contributed by atoms with Crippen molar-refractivity contribution in [3.05, 3.63) is 47.3 Å². The molecule has 0 aliphatic rings. The van der Waals surface area contributed by atoms with Gasteiger partial charge in [-0.2, -0.15) is 0 Å². The largest absolute Gasteiger partial charge is 0.344 e. The third-order valence-electron chi connectivity index (χ3n) is 3.53. The summed E-state index contributed by atoms with van der Waals surface area (Å²) < 4.78 is 2.33. The third-order valence-corrected chi connectivity index (χ3v) is 3.53. The molecule has 0 N–H and O–H groups in total. The Kier molecular flexibility index (Phi) is 2.63. The Balaban J connectivity index is 2.82. The molecule has 0 saturated heterocycles. The summed E-state index contributed by atoms with van der Waals surface area (Å²) in [4.78, 5) is 0. The van der Waals surface area contributed by atoms with Crippen LogP contribution in [0.4, 0.5) is 0 Å². The zero-order valence-corrected chi connectivity index (χ0v) is 10.6. The SMILES string of the molecule is C=CCn1c(C)c2cc(C)c(C)cc2c1C. The van der Waals surface area contributed by atoms with E-state index in [0.29, 0.717) is 0 Å². The fourth-order valence-electron chi connectivity index (χ4n) is 2.36. The second-order valence-electron chi connectivity index (χ2n) is 4.55. The highest BCUT2D eigenvalue weighted by Crippen LogP contribution is 2.28. The van der Waals surface area contributed by atoms with Gasteiger partial charge in [-0.3, -0.25) is 0 Å². The van der Waals surface area contributed by atoms with Gasteiger partial charge in [0.25, 0.3) is 0 Å². The molecule has 2 aromatic rings. The van der Waals surface area contributed by atoms with E-state index >= 15 is 0 Å². The number of aromatic nitrogens is 1. The summed E-state index contributed by atoms with van der Waals surface area (Å²) in [6, 6.07) is 4.60. The molecule has 0 bridgehead atoms. The summed E-state index contributed by atoms with van der Waals surface area (Å²) in [5.74, 6) is 0. The lowest BCUT2D eigenvalue weighted by Crippen LogP contribution is -1.99. The average molecular weight is 213 g/mol. The highest BCUT2D eigenvalue weighted by Gasteiger charge is 2.10. The smallest absolute Gasteiger partial charge is 0.0403 e. The maximum Gasteiger partial charge on any atom is 0.0403 e. The molecular weight excluding hydrogens is 194 g/mol. The van der Waals surface area contributed by atoms with Crippen molar-refractivity contribution >= 4 is 10.8 Å². The van der Waals surface area contributed by atoms with Gasteiger partial charge < -0.3 is 4.57 Å². The summed E-state index contributed by atoms with van der Waals surface area (Å²) in [7, 11) is 0. The number of nitrogens with zero attached hydrogens (tertiary/aromatic N) is 1. The van der Waals surface area contributed by atoms with Crippen molar-refractivity contribution in [1.29, 1.82) is 0 Å². The molecule has 2 rings (SSSR count). The molecule has 0 aliphatic carbocycles. The van der Waals surface area contributed by atoms with Crippen LogP contribution in [0.3, 0.4) is 0 Å². The Morgan fingerprint density at radius 1 is 1.00 bits per heavy atom. The lowest BCUT2D eigenvalue weighted by molar-refractivity contribution is 0.774. The van der Waals surface area contributed by atoms with Crippen molar-refractivity contribution in [3.8, 4) is 0 Å². The first kappa shape index (κ1) is 11.0. The van der Waals surface area contributed by atoms with Crippen molar-refractivity contribution in [2.75, 3.05) is 0 Å². The van der Waals surface area contributed by atoms with Gasteiger partial charge in [-0.25, -0.2) is 0 Å². The second-order valence-corrected chi connectivity index (χ2v) is 4.55. The van der Waals surface area contributed by atoms with E-state index in [2.05, 4.69) is 51.0 Å². The Hall–Kier alpha value is -1.50. The molecule has 0 unspecified atom stereocenters. The minimum Gasteiger partial charge on any atom is -0.344 e. The fraction of sp³-hybridized carbons (Fsp3) is 0.333. The van der Waals surface area contributed by atoms with E-state index in [-0.39, 0.29) is 0 Å². The molecule has 84 valence electrons. The number of hydrogen-bond donors (Lipinski definition) is 0. The predicted octanol–water partition coefficient (Wildman–Crippen LogP) is 4.06. The van der Waals surface area contributed by atoms with Gasteiger partial charge in [0.15, 0.2) is 0 Å². The summed E-state index contributed by atoms with van der Waals surface area (Å²) in [5.41, 5.74) is 5.42. The van der Waals surface area contributed by atoms with Crippen LogP contribution in [0.15, 0.2) is 24.8 Å². The summed E-state index contributed by atoms with van der Waals surface area (Å²) in [6.45, 7) is 13.4. The first-order valence-corrected chi connectivity index (χ1v) is 5.73. The number of rotatable bonds is 2. The predicted molar refractivity (Wildman–Crippen MR) is 71.1 cm³/mol. The zero-order chi connectivity index (χ0) is 11.9. The Morgan fingerprint density at radius 3 is 1.81 bits per heavy atom. The first-order chi connectivity index (χ1) is 7.56. The quantitative estimate of drug-likeness (QED) is 0.663. The maximum atomic E-state index is 3.82. The van der Waals surface area contributed by atoms with Crippen molar-refractivity contribution in [2.45, 2.75) is 34.2 Å². The maximum absolute atomic E-state index is 3.82. The minimum absolute atomic E-state index is 0.893. The normalized spacial score (nSPS) is 11.0. The Bertz CT molecular complexity index is 514. The minimum atomic E-state index is 0.893. The van der Waals surface area contributed by atoms with E-state index < -0.39 is 0 Å². The van der Waals surface area contributed by atoms with Crippen LogP contribution in [0.1, 0.15) is 22.5 Å². The molecule has 0 amide bonds. The molecule has 1 heterocycles. The topological polar surface area (TPSA) is 4.93 Å². The number of benzene rings is 1. The van der Waals surface area contributed by atoms with E-state index in [0.717, 1.165) is 6.54 Å². The molecule has 0 spiro atoms. The number of aryl methyl sites for hydroxylation is 4. The Morgan fingerprint density at radius 2 is 1.44 bits per heavy atom. The summed E-state index contributed by atoms with van der Waals surface area (Å²) in [5, 5.41) is 2.75. The molecule has 1 aromatic carbocycles. The lowest BCUT2D eigenvalue weighted by atomic mass is 10.0. The molecule has 0 saturated carbocycles. The van der Waals surface area contributed by atoms with Crippen LogP contribution in [-0.4, -0.2) is 4.57 Å². The Labute approximate surface area is 97.4 Å².